The van der Waals surface area contributed by atoms with Crippen molar-refractivity contribution in [2.75, 3.05) is 20.1 Å². The van der Waals surface area contributed by atoms with Gasteiger partial charge < -0.3 is 90.2 Å². The first kappa shape index (κ1) is 44.0. The standard InChI is InChI=1S/C37H59N3O18/c1-39-11-14-7-15(13-3-5-22(38)40-10-13)23-21(9-20-24(25(23)44)18(43)8-19(54-20)12-2-4-16(41)17(42)6-12)57-37(14)33(50)29(48)28(47)32(58-37)35(53)56-36-30(49)26(45)27(46)31(55-36)34(51)52/h12-17,19-33,36,39-42,44-50H,2-11,38H2,1H3,(H,51,52)/p+1. The topological polar surface area (TPSA) is 362 Å². The van der Waals surface area contributed by atoms with Gasteiger partial charge in [-0.25, -0.2) is 4.79 Å². The Hall–Kier alpha value is -2.03. The van der Waals surface area contributed by atoms with Crippen molar-refractivity contribution < 1.29 is 99.8 Å². The van der Waals surface area contributed by atoms with E-state index in [0.717, 1.165) is 0 Å². The number of carbonyl (C=O) groups excluding carboxylic acids is 3. The lowest BCUT2D eigenvalue weighted by Gasteiger charge is -2.53. The summed E-state index contributed by atoms with van der Waals surface area (Å²) < 4.78 is 30.0. The highest BCUT2D eigenvalue weighted by Gasteiger charge is 2.67. The van der Waals surface area contributed by atoms with Crippen LogP contribution in [0.15, 0.2) is 0 Å². The number of carbonyl (C=O) groups is 3. The van der Waals surface area contributed by atoms with Crippen LogP contribution < -0.4 is 21.5 Å². The zero-order chi connectivity index (χ0) is 42.0. The summed E-state index contributed by atoms with van der Waals surface area (Å²) in [4.78, 5) is 39.5. The molecule has 5 heterocycles. The molecule has 7 fully saturated rings. The minimum Gasteiger partial charge on any atom is -0.547 e. The Kier molecular flexibility index (Phi) is 13.2. The predicted molar refractivity (Wildman–Crippen MR) is 185 cm³/mol. The molecule has 0 aromatic carbocycles. The van der Waals surface area contributed by atoms with E-state index in [9.17, 15) is 65.4 Å². The minimum absolute atomic E-state index is 0.00680. The Balaban J connectivity index is 1.22. The van der Waals surface area contributed by atoms with Crippen molar-refractivity contribution in [1.29, 1.82) is 0 Å². The van der Waals surface area contributed by atoms with E-state index < -0.39 is 127 Å². The van der Waals surface area contributed by atoms with Crippen molar-refractivity contribution in [1.82, 2.24) is 0 Å². The van der Waals surface area contributed by atoms with Crippen LogP contribution in [0.5, 0.6) is 0 Å². The molecular formula is C37H60N3O18+. The maximum absolute atomic E-state index is 14.0. The molecule has 21 heteroatoms. The average Bonchev–Trinajstić information content (AvgIpc) is 3.31. The molecule has 5 saturated heterocycles. The van der Waals surface area contributed by atoms with Crippen molar-refractivity contribution in [3.05, 3.63) is 0 Å². The van der Waals surface area contributed by atoms with E-state index in [1.165, 1.54) is 0 Å². The number of fused-ring (bicyclic) bond motifs is 2. The first-order valence-corrected chi connectivity index (χ1v) is 20.6. The number of ether oxygens (including phenoxy) is 5. The van der Waals surface area contributed by atoms with Gasteiger partial charge in [0.1, 0.15) is 54.7 Å². The number of nitrogens with two attached hydrogens (primary N) is 3. The normalized spacial score (nSPS) is 52.6. The van der Waals surface area contributed by atoms with Gasteiger partial charge in [0, 0.05) is 31.1 Å². The van der Waals surface area contributed by atoms with Crippen LogP contribution in [0.25, 0.3) is 0 Å². The first-order chi connectivity index (χ1) is 27.5. The van der Waals surface area contributed by atoms with Gasteiger partial charge in [-0.2, -0.15) is 0 Å². The third-order valence-electron chi connectivity index (χ3n) is 14.2. The molecule has 21 nitrogen and oxygen atoms in total. The molecule has 2 saturated carbocycles. The van der Waals surface area contributed by atoms with Crippen LogP contribution in [0.1, 0.15) is 51.4 Å². The number of ketones is 1. The fourth-order valence-corrected chi connectivity index (χ4v) is 11.1. The van der Waals surface area contributed by atoms with E-state index in [-0.39, 0.29) is 61.9 Å². The van der Waals surface area contributed by atoms with Crippen LogP contribution in [-0.4, -0.2) is 188 Å². The highest BCUT2D eigenvalue weighted by molar-refractivity contribution is 5.83. The van der Waals surface area contributed by atoms with Gasteiger partial charge in [0.2, 0.25) is 12.1 Å². The third-order valence-corrected chi connectivity index (χ3v) is 14.2. The number of rotatable bonds is 7. The van der Waals surface area contributed by atoms with Crippen molar-refractivity contribution in [2.24, 2.45) is 41.2 Å². The molecule has 7 rings (SSSR count). The molecule has 0 aromatic rings. The van der Waals surface area contributed by atoms with E-state index in [1.54, 1.807) is 12.4 Å². The molecule has 0 aromatic heterocycles. The summed E-state index contributed by atoms with van der Waals surface area (Å²) >= 11 is 0. The quantitative estimate of drug-likeness (QED) is 0.106. The van der Waals surface area contributed by atoms with Gasteiger partial charge >= 0.3 is 5.97 Å². The summed E-state index contributed by atoms with van der Waals surface area (Å²) in [6.07, 6.45) is -22.6. The van der Waals surface area contributed by atoms with Crippen molar-refractivity contribution in [3.63, 3.8) is 0 Å². The molecule has 0 amide bonds. The predicted octanol–water partition coefficient (Wildman–Crippen LogP) is -9.02. The number of hydrogen-bond donors (Lipinski definition) is 12. The summed E-state index contributed by atoms with van der Waals surface area (Å²) in [6.45, 7) is 0.746. The number of carboxylic acid groups (broad SMARTS) is 1. The molecule has 330 valence electrons. The summed E-state index contributed by atoms with van der Waals surface area (Å²) in [5.41, 5.74) is 6.25. The third kappa shape index (κ3) is 7.96. The maximum atomic E-state index is 14.0. The number of carboxylic acids is 1. The van der Waals surface area contributed by atoms with Gasteiger partial charge in [0.15, 0.2) is 6.10 Å². The Morgan fingerprint density at radius 3 is 2.17 bits per heavy atom. The lowest BCUT2D eigenvalue weighted by Crippen LogP contribution is -2.95. The summed E-state index contributed by atoms with van der Waals surface area (Å²) in [6, 6.07) is 0. The fraction of sp³-hybridized carbons (Fsp3) is 0.919. The Morgan fingerprint density at radius 2 is 1.52 bits per heavy atom. The van der Waals surface area contributed by atoms with E-state index in [4.69, 9.17) is 29.4 Å². The number of aliphatic hydroxyl groups is 9. The second kappa shape index (κ2) is 17.4. The number of Topliss-reactive ketones (excluding diaryl/α,β-unsaturated/α-hetero) is 1. The van der Waals surface area contributed by atoms with E-state index in [1.807, 2.05) is 5.32 Å². The summed E-state index contributed by atoms with van der Waals surface area (Å²) in [5.74, 6) is -9.22. The molecule has 7 aliphatic rings. The van der Waals surface area contributed by atoms with Gasteiger partial charge in [-0.1, -0.05) is 0 Å². The smallest absolute Gasteiger partial charge is 0.340 e. The second-order valence-electron chi connectivity index (χ2n) is 17.6. The SMILES string of the molecule is C[NH2+]CC1CC(C2CCC(N)[NH2+]C2)C2C(CC3OC(C4CCC(O)C(O)C4)CC(=O)C3C2O)OC12OC(C(=O)OC1OC(C(=O)[O-])C(O)C(O)C1O)C(O)C(O)C2O. The zero-order valence-corrected chi connectivity index (χ0v) is 32.2. The second-order valence-corrected chi connectivity index (χ2v) is 17.6. The molecule has 0 radical (unpaired) electrons. The molecule has 23 unspecified atom stereocenters. The molecular weight excluding hydrogens is 774 g/mol. The van der Waals surface area contributed by atoms with Crippen molar-refractivity contribution >= 4 is 17.7 Å². The van der Waals surface area contributed by atoms with E-state index in [2.05, 4.69) is 0 Å². The molecule has 15 N–H and O–H groups in total. The van der Waals surface area contributed by atoms with Gasteiger partial charge in [-0.05, 0) is 43.9 Å². The molecule has 58 heavy (non-hydrogen) atoms. The molecule has 23 atom stereocenters. The van der Waals surface area contributed by atoms with E-state index >= 15 is 0 Å². The van der Waals surface area contributed by atoms with Gasteiger partial charge in [-0.15, -0.1) is 0 Å². The Morgan fingerprint density at radius 1 is 0.810 bits per heavy atom. The molecule has 1 spiro atoms. The number of aliphatic carboxylic acids is 1. The van der Waals surface area contributed by atoms with Crippen molar-refractivity contribution in [2.45, 2.75) is 155 Å². The highest BCUT2D eigenvalue weighted by Crippen LogP contribution is 2.54. The van der Waals surface area contributed by atoms with Crippen LogP contribution in [0, 0.1) is 35.5 Å². The van der Waals surface area contributed by atoms with Crippen LogP contribution in [0.2, 0.25) is 0 Å². The maximum Gasteiger partial charge on any atom is 0.340 e. The Bertz CT molecular complexity index is 1490. The summed E-state index contributed by atoms with van der Waals surface area (Å²) in [5, 5.41) is 114. The molecule has 2 aliphatic carbocycles. The average molecular weight is 835 g/mol. The van der Waals surface area contributed by atoms with Gasteiger partial charge in [0.05, 0.1) is 74.6 Å². The monoisotopic (exact) mass is 834 g/mol. The number of piperidine rings is 1. The van der Waals surface area contributed by atoms with Gasteiger partial charge in [0.25, 0.3) is 0 Å². The van der Waals surface area contributed by atoms with Crippen LogP contribution in [0.3, 0.4) is 0 Å². The number of esters is 1. The van der Waals surface area contributed by atoms with Gasteiger partial charge in [-0.3, -0.25) is 10.5 Å². The first-order valence-electron chi connectivity index (χ1n) is 20.6. The van der Waals surface area contributed by atoms with Crippen LogP contribution in [-0.2, 0) is 38.1 Å². The molecule has 0 bridgehead atoms. The number of aliphatic hydroxyl groups excluding tert-OH is 9. The number of quaternary nitrogens is 2. The van der Waals surface area contributed by atoms with E-state index in [0.29, 0.717) is 32.2 Å². The highest BCUT2D eigenvalue weighted by atomic mass is 16.8. The lowest BCUT2D eigenvalue weighted by atomic mass is 9.61. The van der Waals surface area contributed by atoms with Crippen LogP contribution in [0.4, 0.5) is 0 Å². The summed E-state index contributed by atoms with van der Waals surface area (Å²) in [7, 11) is 1.74. The van der Waals surface area contributed by atoms with Crippen molar-refractivity contribution in [3.8, 4) is 0 Å². The molecule has 5 aliphatic heterocycles. The minimum atomic E-state index is -2.29. The largest absolute Gasteiger partial charge is 0.547 e. The Labute approximate surface area is 333 Å². The van der Waals surface area contributed by atoms with Crippen LogP contribution >= 0.6 is 0 Å². The zero-order valence-electron chi connectivity index (χ0n) is 32.2. The lowest BCUT2D eigenvalue weighted by molar-refractivity contribution is -0.704. The fourth-order valence-electron chi connectivity index (χ4n) is 11.1. The number of hydrogen-bond acceptors (Lipinski definition) is 19.